The normalized spacial score (nSPS) is 10.4. The van der Waals surface area contributed by atoms with E-state index < -0.39 is 5.97 Å². The van der Waals surface area contributed by atoms with Crippen LogP contribution in [-0.4, -0.2) is 31.8 Å². The van der Waals surface area contributed by atoms with Crippen molar-refractivity contribution < 1.29 is 19.1 Å². The van der Waals surface area contributed by atoms with Crippen molar-refractivity contribution in [2.75, 3.05) is 13.7 Å². The highest BCUT2D eigenvalue weighted by molar-refractivity contribution is 9.10. The Morgan fingerprint density at radius 1 is 1.21 bits per heavy atom. The molecule has 0 saturated heterocycles. The van der Waals surface area contributed by atoms with Crippen LogP contribution in [0.5, 0.6) is 5.75 Å². The summed E-state index contributed by atoms with van der Waals surface area (Å²) in [5, 5.41) is 3.92. The average molecular weight is 391 g/mol. The van der Waals surface area contributed by atoms with Gasteiger partial charge in [-0.25, -0.2) is 10.2 Å². The van der Waals surface area contributed by atoms with E-state index in [-0.39, 0.29) is 12.5 Å². The van der Waals surface area contributed by atoms with Crippen molar-refractivity contribution in [3.8, 4) is 5.75 Å². The first-order chi connectivity index (χ1) is 11.6. The number of nitrogens with zero attached hydrogens (tertiary/aromatic N) is 1. The Morgan fingerprint density at radius 3 is 2.75 bits per heavy atom. The molecule has 24 heavy (non-hydrogen) atoms. The number of methoxy groups -OCH3 is 1. The first-order valence-electron chi connectivity index (χ1n) is 6.98. The number of ether oxygens (including phenoxy) is 2. The molecule has 2 rings (SSSR count). The number of hydrazone groups is 1. The number of nitrogens with one attached hydrogen (secondary N) is 1. The quantitative estimate of drug-likeness (QED) is 0.467. The Hall–Kier alpha value is -2.67. The predicted octanol–water partition coefficient (Wildman–Crippen LogP) is 2.76. The van der Waals surface area contributed by atoms with Crippen LogP contribution < -0.4 is 10.2 Å². The van der Waals surface area contributed by atoms with Crippen LogP contribution in [0.1, 0.15) is 15.9 Å². The van der Waals surface area contributed by atoms with Gasteiger partial charge in [0.2, 0.25) is 0 Å². The molecule has 0 bridgehead atoms. The second-order valence-electron chi connectivity index (χ2n) is 4.62. The highest BCUT2D eigenvalue weighted by Crippen LogP contribution is 2.15. The average Bonchev–Trinajstić information content (AvgIpc) is 2.60. The van der Waals surface area contributed by atoms with Gasteiger partial charge in [0.15, 0.2) is 6.61 Å². The summed E-state index contributed by atoms with van der Waals surface area (Å²) in [4.78, 5) is 23.1. The summed E-state index contributed by atoms with van der Waals surface area (Å²) in [5.41, 5.74) is 3.66. The zero-order valence-corrected chi connectivity index (χ0v) is 14.4. The van der Waals surface area contributed by atoms with Gasteiger partial charge in [0.25, 0.3) is 5.91 Å². The molecule has 0 saturated carbocycles. The maximum Gasteiger partial charge on any atom is 0.343 e. The maximum atomic E-state index is 12.0. The van der Waals surface area contributed by atoms with Gasteiger partial charge in [-0.3, -0.25) is 4.79 Å². The largest absolute Gasteiger partial charge is 0.482 e. The standard InChI is InChI=1S/C17H15BrN2O4/c1-23-16(21)11-24-13-6-4-5-12(9-13)10-19-20-17(22)14-7-2-3-8-15(14)18/h2-10H,11H2,1H3,(H,20,22)/b19-10-. The number of rotatable bonds is 6. The molecule has 2 aromatic rings. The minimum absolute atomic E-state index is 0.171. The van der Waals surface area contributed by atoms with Crippen LogP contribution in [0.4, 0.5) is 0 Å². The third kappa shape index (κ3) is 5.20. The van der Waals surface area contributed by atoms with Gasteiger partial charge in [-0.15, -0.1) is 0 Å². The number of carbonyl (C=O) groups is 2. The second kappa shape index (κ2) is 8.83. The van der Waals surface area contributed by atoms with Crippen LogP contribution in [0.15, 0.2) is 58.1 Å². The third-order valence-electron chi connectivity index (χ3n) is 2.94. The van der Waals surface area contributed by atoms with Crippen LogP contribution in [0.25, 0.3) is 0 Å². The van der Waals surface area contributed by atoms with Crippen LogP contribution in [0, 0.1) is 0 Å². The Balaban J connectivity index is 1.95. The molecule has 0 aliphatic heterocycles. The molecular weight excluding hydrogens is 376 g/mol. The summed E-state index contributed by atoms with van der Waals surface area (Å²) in [6.07, 6.45) is 1.49. The van der Waals surface area contributed by atoms with Gasteiger partial charge in [-0.1, -0.05) is 24.3 Å². The monoisotopic (exact) mass is 390 g/mol. The van der Waals surface area contributed by atoms with E-state index in [1.165, 1.54) is 13.3 Å². The number of hydrogen-bond donors (Lipinski definition) is 1. The van der Waals surface area contributed by atoms with E-state index in [9.17, 15) is 9.59 Å². The third-order valence-corrected chi connectivity index (χ3v) is 3.63. The van der Waals surface area contributed by atoms with Crippen LogP contribution in [0.2, 0.25) is 0 Å². The molecule has 0 heterocycles. The van der Waals surface area contributed by atoms with E-state index in [4.69, 9.17) is 4.74 Å². The van der Waals surface area contributed by atoms with Crippen LogP contribution in [-0.2, 0) is 9.53 Å². The van der Waals surface area contributed by atoms with Gasteiger partial charge in [-0.05, 0) is 45.8 Å². The number of halogens is 1. The van der Waals surface area contributed by atoms with E-state index in [1.54, 1.807) is 42.5 Å². The van der Waals surface area contributed by atoms with Crippen molar-refractivity contribution in [2.24, 2.45) is 5.10 Å². The molecule has 7 heteroatoms. The molecule has 124 valence electrons. The lowest BCUT2D eigenvalue weighted by molar-refractivity contribution is -0.142. The summed E-state index contributed by atoms with van der Waals surface area (Å²) in [6, 6.07) is 14.0. The molecule has 0 radical (unpaired) electrons. The maximum absolute atomic E-state index is 12.0. The Kier molecular flexibility index (Phi) is 6.51. The lowest BCUT2D eigenvalue weighted by Crippen LogP contribution is -2.18. The lowest BCUT2D eigenvalue weighted by atomic mass is 10.2. The number of benzene rings is 2. The number of amides is 1. The number of esters is 1. The molecule has 0 fully saturated rings. The highest BCUT2D eigenvalue weighted by Gasteiger charge is 2.07. The Labute approximate surface area is 147 Å². The molecule has 1 amide bonds. The molecule has 6 nitrogen and oxygen atoms in total. The van der Waals surface area contributed by atoms with Gasteiger partial charge in [-0.2, -0.15) is 5.10 Å². The van der Waals surface area contributed by atoms with Crippen molar-refractivity contribution in [3.05, 3.63) is 64.1 Å². The van der Waals surface area contributed by atoms with Gasteiger partial charge in [0, 0.05) is 4.47 Å². The summed E-state index contributed by atoms with van der Waals surface area (Å²) < 4.78 is 10.5. The molecule has 0 spiro atoms. The molecule has 0 atom stereocenters. The van der Waals surface area contributed by atoms with Crippen molar-refractivity contribution in [2.45, 2.75) is 0 Å². The predicted molar refractivity (Wildman–Crippen MR) is 93.2 cm³/mol. The smallest absolute Gasteiger partial charge is 0.343 e. The Morgan fingerprint density at radius 2 is 2.00 bits per heavy atom. The second-order valence-corrected chi connectivity index (χ2v) is 5.47. The highest BCUT2D eigenvalue weighted by atomic mass is 79.9. The van der Waals surface area contributed by atoms with Crippen molar-refractivity contribution in [1.29, 1.82) is 0 Å². The van der Waals surface area contributed by atoms with Crippen molar-refractivity contribution in [1.82, 2.24) is 5.43 Å². The minimum Gasteiger partial charge on any atom is -0.482 e. The van der Waals surface area contributed by atoms with Crippen molar-refractivity contribution >= 4 is 34.0 Å². The molecule has 0 aromatic heterocycles. The van der Waals surface area contributed by atoms with Gasteiger partial charge in [0.1, 0.15) is 5.75 Å². The van der Waals surface area contributed by atoms with Gasteiger partial charge in [0.05, 0.1) is 18.9 Å². The zero-order valence-electron chi connectivity index (χ0n) is 12.9. The SMILES string of the molecule is COC(=O)COc1cccc(/C=N\NC(=O)c2ccccc2Br)c1. The molecule has 0 aliphatic carbocycles. The summed E-state index contributed by atoms with van der Waals surface area (Å²) in [7, 11) is 1.29. The summed E-state index contributed by atoms with van der Waals surface area (Å²) >= 11 is 3.31. The molecular formula is C17H15BrN2O4. The number of carbonyl (C=O) groups excluding carboxylic acids is 2. The zero-order chi connectivity index (χ0) is 17.4. The fourth-order valence-electron chi connectivity index (χ4n) is 1.76. The van der Waals surface area contributed by atoms with E-state index in [0.717, 1.165) is 0 Å². The van der Waals surface area contributed by atoms with E-state index >= 15 is 0 Å². The molecule has 1 N–H and O–H groups in total. The lowest BCUT2D eigenvalue weighted by Gasteiger charge is -2.05. The number of hydrogen-bond acceptors (Lipinski definition) is 5. The first kappa shape index (κ1) is 17.7. The molecule has 0 aliphatic rings. The fraction of sp³-hybridized carbons (Fsp3) is 0.118. The summed E-state index contributed by atoms with van der Waals surface area (Å²) in [5.74, 6) is -0.284. The van der Waals surface area contributed by atoms with Gasteiger partial charge < -0.3 is 9.47 Å². The summed E-state index contributed by atoms with van der Waals surface area (Å²) in [6.45, 7) is -0.171. The first-order valence-corrected chi connectivity index (χ1v) is 7.77. The molecule has 2 aromatic carbocycles. The van der Waals surface area contributed by atoms with Crippen LogP contribution >= 0.6 is 15.9 Å². The van der Waals surface area contributed by atoms with E-state index in [0.29, 0.717) is 21.3 Å². The van der Waals surface area contributed by atoms with E-state index in [1.807, 2.05) is 6.07 Å². The topological polar surface area (TPSA) is 77.0 Å². The van der Waals surface area contributed by atoms with Gasteiger partial charge >= 0.3 is 5.97 Å². The van der Waals surface area contributed by atoms with Crippen LogP contribution in [0.3, 0.4) is 0 Å². The van der Waals surface area contributed by atoms with Crippen molar-refractivity contribution in [3.63, 3.8) is 0 Å². The molecule has 0 unspecified atom stereocenters. The minimum atomic E-state index is -0.463. The fourth-order valence-corrected chi connectivity index (χ4v) is 2.22. The Bertz CT molecular complexity index is 762. The van der Waals surface area contributed by atoms with E-state index in [2.05, 4.69) is 31.2 Å².